The zero-order valence-corrected chi connectivity index (χ0v) is 7.86. The lowest BCUT2D eigenvalue weighted by atomic mass is 9.95. The van der Waals surface area contributed by atoms with Crippen LogP contribution < -0.4 is 5.32 Å². The van der Waals surface area contributed by atoms with Gasteiger partial charge in [0, 0.05) is 11.1 Å². The van der Waals surface area contributed by atoms with Gasteiger partial charge in [-0.15, -0.1) is 0 Å². The van der Waals surface area contributed by atoms with Gasteiger partial charge in [-0.05, 0) is 37.1 Å². The van der Waals surface area contributed by atoms with Crippen molar-refractivity contribution in [3.8, 4) is 0 Å². The van der Waals surface area contributed by atoms with Crippen molar-refractivity contribution in [2.24, 2.45) is 0 Å². The monoisotopic (exact) mass is 181 g/mol. The third-order valence-electron chi connectivity index (χ3n) is 2.45. The lowest BCUT2D eigenvalue weighted by Gasteiger charge is -2.24. The van der Waals surface area contributed by atoms with E-state index < -0.39 is 0 Å². The summed E-state index contributed by atoms with van der Waals surface area (Å²) in [4.78, 5) is 0. The molecule has 12 heavy (non-hydrogen) atoms. The van der Waals surface area contributed by atoms with E-state index in [1.54, 1.807) is 0 Å². The second-order valence-corrected chi connectivity index (χ2v) is 3.64. The summed E-state index contributed by atoms with van der Waals surface area (Å²) >= 11 is 6.08. The van der Waals surface area contributed by atoms with Crippen LogP contribution in [0.1, 0.15) is 24.1 Å². The number of halogens is 1. The van der Waals surface area contributed by atoms with E-state index in [1.807, 2.05) is 12.1 Å². The first-order chi connectivity index (χ1) is 5.79. The number of hydrogen-bond donors (Lipinski definition) is 1. The SMILES string of the molecule is C[C@H]1NCCc2c(Cl)cccc21. The molecule has 1 aromatic rings. The molecule has 0 bridgehead atoms. The third kappa shape index (κ3) is 1.23. The van der Waals surface area contributed by atoms with Gasteiger partial charge in [-0.2, -0.15) is 0 Å². The Labute approximate surface area is 77.7 Å². The molecule has 0 fully saturated rings. The number of benzene rings is 1. The second kappa shape index (κ2) is 3.08. The highest BCUT2D eigenvalue weighted by atomic mass is 35.5. The van der Waals surface area contributed by atoms with Crippen LogP contribution in [-0.2, 0) is 6.42 Å². The van der Waals surface area contributed by atoms with Gasteiger partial charge in [0.2, 0.25) is 0 Å². The van der Waals surface area contributed by atoms with Gasteiger partial charge in [-0.1, -0.05) is 23.7 Å². The zero-order valence-electron chi connectivity index (χ0n) is 7.10. The van der Waals surface area contributed by atoms with E-state index >= 15 is 0 Å². The topological polar surface area (TPSA) is 12.0 Å². The maximum Gasteiger partial charge on any atom is 0.0441 e. The van der Waals surface area contributed by atoms with Crippen molar-refractivity contribution in [3.05, 3.63) is 34.3 Å². The number of hydrogen-bond acceptors (Lipinski definition) is 1. The zero-order chi connectivity index (χ0) is 8.55. The molecule has 0 spiro atoms. The van der Waals surface area contributed by atoms with E-state index in [0.29, 0.717) is 6.04 Å². The molecule has 2 heteroatoms. The van der Waals surface area contributed by atoms with E-state index in [1.165, 1.54) is 11.1 Å². The van der Waals surface area contributed by atoms with E-state index in [0.717, 1.165) is 18.0 Å². The van der Waals surface area contributed by atoms with E-state index in [4.69, 9.17) is 11.6 Å². The molecule has 1 aromatic carbocycles. The van der Waals surface area contributed by atoms with Crippen LogP contribution in [0.2, 0.25) is 5.02 Å². The Morgan fingerprint density at radius 3 is 3.08 bits per heavy atom. The van der Waals surface area contributed by atoms with Crippen LogP contribution in [0.15, 0.2) is 18.2 Å². The van der Waals surface area contributed by atoms with Gasteiger partial charge in [0.05, 0.1) is 0 Å². The summed E-state index contributed by atoms with van der Waals surface area (Å²) in [6.45, 7) is 3.21. The molecule has 1 N–H and O–H groups in total. The van der Waals surface area contributed by atoms with E-state index in [2.05, 4.69) is 18.3 Å². The Kier molecular flexibility index (Phi) is 2.07. The van der Waals surface area contributed by atoms with Crippen LogP contribution in [0, 0.1) is 0 Å². The quantitative estimate of drug-likeness (QED) is 0.649. The molecular weight excluding hydrogens is 170 g/mol. The first-order valence-electron chi connectivity index (χ1n) is 4.29. The molecule has 1 heterocycles. The fraction of sp³-hybridized carbons (Fsp3) is 0.400. The van der Waals surface area contributed by atoms with Crippen LogP contribution in [0.4, 0.5) is 0 Å². The van der Waals surface area contributed by atoms with Crippen molar-refractivity contribution in [2.45, 2.75) is 19.4 Å². The van der Waals surface area contributed by atoms with Crippen molar-refractivity contribution in [3.63, 3.8) is 0 Å². The van der Waals surface area contributed by atoms with Crippen LogP contribution in [0.25, 0.3) is 0 Å². The molecule has 1 aliphatic rings. The van der Waals surface area contributed by atoms with Crippen molar-refractivity contribution < 1.29 is 0 Å². The van der Waals surface area contributed by atoms with Crippen molar-refractivity contribution in [1.82, 2.24) is 5.32 Å². The lowest BCUT2D eigenvalue weighted by molar-refractivity contribution is 0.541. The van der Waals surface area contributed by atoms with Gasteiger partial charge in [0.1, 0.15) is 0 Å². The second-order valence-electron chi connectivity index (χ2n) is 3.23. The number of rotatable bonds is 0. The highest BCUT2D eigenvalue weighted by molar-refractivity contribution is 6.31. The molecule has 0 aliphatic carbocycles. The molecule has 0 aromatic heterocycles. The number of nitrogens with one attached hydrogen (secondary N) is 1. The summed E-state index contributed by atoms with van der Waals surface area (Å²) in [6, 6.07) is 6.59. The third-order valence-corrected chi connectivity index (χ3v) is 2.80. The normalized spacial score (nSPS) is 22.0. The standard InChI is InChI=1S/C10H12ClN/c1-7-8-3-2-4-10(11)9(8)5-6-12-7/h2-4,7,12H,5-6H2,1H3/t7-/m1/s1. The van der Waals surface area contributed by atoms with Crippen molar-refractivity contribution >= 4 is 11.6 Å². The lowest BCUT2D eigenvalue weighted by Crippen LogP contribution is -2.27. The summed E-state index contributed by atoms with van der Waals surface area (Å²) in [5.74, 6) is 0. The molecule has 0 saturated heterocycles. The minimum atomic E-state index is 0.451. The van der Waals surface area contributed by atoms with Crippen molar-refractivity contribution in [2.75, 3.05) is 6.54 Å². The van der Waals surface area contributed by atoms with Gasteiger partial charge < -0.3 is 5.32 Å². The molecule has 1 nitrogen and oxygen atoms in total. The average molecular weight is 182 g/mol. The predicted molar refractivity (Wildman–Crippen MR) is 51.6 cm³/mol. The van der Waals surface area contributed by atoms with Gasteiger partial charge in [0.15, 0.2) is 0 Å². The Balaban J connectivity index is 2.52. The fourth-order valence-corrected chi connectivity index (χ4v) is 2.04. The average Bonchev–Trinajstić information content (AvgIpc) is 2.07. The Bertz CT molecular complexity index is 296. The van der Waals surface area contributed by atoms with Crippen LogP contribution in [0.5, 0.6) is 0 Å². The van der Waals surface area contributed by atoms with E-state index in [-0.39, 0.29) is 0 Å². The fourth-order valence-electron chi connectivity index (χ4n) is 1.77. The minimum Gasteiger partial charge on any atom is -0.310 e. The first kappa shape index (κ1) is 8.09. The summed E-state index contributed by atoms with van der Waals surface area (Å²) in [5, 5.41) is 4.32. The Morgan fingerprint density at radius 2 is 2.33 bits per heavy atom. The van der Waals surface area contributed by atoms with Gasteiger partial charge in [-0.3, -0.25) is 0 Å². The maximum absolute atomic E-state index is 6.08. The number of fused-ring (bicyclic) bond motifs is 1. The summed E-state index contributed by atoms with van der Waals surface area (Å²) in [5.41, 5.74) is 2.68. The molecule has 0 amide bonds. The highest BCUT2D eigenvalue weighted by Crippen LogP contribution is 2.27. The van der Waals surface area contributed by atoms with Crippen LogP contribution in [-0.4, -0.2) is 6.54 Å². The molecule has 0 saturated carbocycles. The summed E-state index contributed by atoms with van der Waals surface area (Å²) < 4.78 is 0. The van der Waals surface area contributed by atoms with Gasteiger partial charge in [-0.25, -0.2) is 0 Å². The smallest absolute Gasteiger partial charge is 0.0441 e. The molecule has 0 radical (unpaired) electrons. The first-order valence-corrected chi connectivity index (χ1v) is 4.67. The summed E-state index contributed by atoms with van der Waals surface area (Å²) in [7, 11) is 0. The predicted octanol–water partition coefficient (Wildman–Crippen LogP) is 2.55. The summed E-state index contributed by atoms with van der Waals surface area (Å²) in [6.07, 6.45) is 1.05. The highest BCUT2D eigenvalue weighted by Gasteiger charge is 2.16. The van der Waals surface area contributed by atoms with E-state index in [9.17, 15) is 0 Å². The van der Waals surface area contributed by atoms with Crippen LogP contribution in [0.3, 0.4) is 0 Å². The maximum atomic E-state index is 6.08. The minimum absolute atomic E-state index is 0.451. The largest absolute Gasteiger partial charge is 0.310 e. The molecule has 1 aliphatic heterocycles. The van der Waals surface area contributed by atoms with Gasteiger partial charge >= 0.3 is 0 Å². The van der Waals surface area contributed by atoms with Crippen LogP contribution >= 0.6 is 11.6 Å². The Morgan fingerprint density at radius 1 is 1.50 bits per heavy atom. The molecule has 0 unspecified atom stereocenters. The Hall–Kier alpha value is -0.530. The molecule has 1 atom stereocenters. The van der Waals surface area contributed by atoms with Gasteiger partial charge in [0.25, 0.3) is 0 Å². The molecule has 2 rings (SSSR count). The molecular formula is C10H12ClN. The molecule has 64 valence electrons. The van der Waals surface area contributed by atoms with Crippen molar-refractivity contribution in [1.29, 1.82) is 0 Å².